The molecule has 2 aromatic carbocycles. The molecule has 0 saturated heterocycles. The predicted molar refractivity (Wildman–Crippen MR) is 113 cm³/mol. The third-order valence-corrected chi connectivity index (χ3v) is 10.3. The number of halogens is 2. The van der Waals surface area contributed by atoms with Crippen LogP contribution < -0.4 is 0 Å². The van der Waals surface area contributed by atoms with Crippen LogP contribution in [0.1, 0.15) is 52.7 Å². The van der Waals surface area contributed by atoms with Gasteiger partial charge in [0.15, 0.2) is 0 Å². The predicted octanol–water partition coefficient (Wildman–Crippen LogP) is 5.97. The van der Waals surface area contributed by atoms with Gasteiger partial charge in [-0.3, -0.25) is 0 Å². The average molecular weight is 492 g/mol. The van der Waals surface area contributed by atoms with Crippen molar-refractivity contribution in [3.05, 3.63) is 66.8 Å². The zero-order valence-corrected chi connectivity index (χ0v) is 19.0. The van der Waals surface area contributed by atoms with Gasteiger partial charge in [-0.05, 0) is 0 Å². The summed E-state index contributed by atoms with van der Waals surface area (Å²) >= 11 is -2.90. The van der Waals surface area contributed by atoms with Crippen LogP contribution in [0.4, 0.5) is 3.89 Å². The van der Waals surface area contributed by atoms with Crippen LogP contribution in [0.25, 0.3) is 0 Å². The van der Waals surface area contributed by atoms with Crippen LogP contribution in [0.2, 0.25) is 0 Å². The van der Waals surface area contributed by atoms with E-state index in [4.69, 9.17) is 2.51 Å². The molecule has 0 bridgehead atoms. The monoisotopic (exact) mass is 492 g/mol. The molecule has 0 saturated carbocycles. The zero-order valence-electron chi connectivity index (χ0n) is 16.0. The topological polar surface area (TPSA) is 43.4 Å². The fourth-order valence-electron chi connectivity index (χ4n) is 2.40. The standard InChI is InChI=1S/C20H26FIO3S/c1-19(2,3)15-7-11-17(12-8-15)22(25-26(21,23)24)18-13-9-16(10-14-18)20(4,5)6/h7-14H,1-6H3. The van der Waals surface area contributed by atoms with Crippen molar-refractivity contribution in [3.8, 4) is 0 Å². The molecule has 2 aromatic rings. The summed E-state index contributed by atoms with van der Waals surface area (Å²) in [6, 6.07) is 15.2. The molecule has 0 N–H and O–H groups in total. The molecule has 0 unspecified atom stereocenters. The molecule has 0 aliphatic carbocycles. The van der Waals surface area contributed by atoms with Crippen molar-refractivity contribution in [1.82, 2.24) is 0 Å². The van der Waals surface area contributed by atoms with Gasteiger partial charge in [-0.25, -0.2) is 0 Å². The van der Waals surface area contributed by atoms with Gasteiger partial charge >= 0.3 is 165 Å². The Hall–Kier alpha value is -0.990. The molecule has 0 radical (unpaired) electrons. The van der Waals surface area contributed by atoms with Crippen molar-refractivity contribution >= 4 is 30.7 Å². The maximum absolute atomic E-state index is 13.3. The molecule has 0 aromatic heterocycles. The van der Waals surface area contributed by atoms with Crippen molar-refractivity contribution in [2.24, 2.45) is 0 Å². The summed E-state index contributed by atoms with van der Waals surface area (Å²) < 4.78 is 42.1. The first-order valence-corrected chi connectivity index (χ1v) is 12.7. The molecule has 0 aliphatic heterocycles. The normalized spacial score (nSPS) is 13.6. The molecular formula is C20H26FIO3S. The van der Waals surface area contributed by atoms with E-state index < -0.39 is 30.7 Å². The second-order valence-corrected chi connectivity index (χ2v) is 14.1. The van der Waals surface area contributed by atoms with Crippen molar-refractivity contribution in [2.75, 3.05) is 0 Å². The number of rotatable bonds is 4. The van der Waals surface area contributed by atoms with Gasteiger partial charge in [-0.2, -0.15) is 0 Å². The summed E-state index contributed by atoms with van der Waals surface area (Å²) in [5, 5.41) is 0. The molecule has 3 nitrogen and oxygen atoms in total. The van der Waals surface area contributed by atoms with Crippen molar-refractivity contribution in [3.63, 3.8) is 0 Å². The van der Waals surface area contributed by atoms with Gasteiger partial charge in [0.2, 0.25) is 0 Å². The second-order valence-electron chi connectivity index (χ2n) is 8.22. The molecule has 2 rings (SSSR count). The Morgan fingerprint density at radius 2 is 1.04 bits per heavy atom. The second kappa shape index (κ2) is 7.56. The van der Waals surface area contributed by atoms with Crippen LogP contribution in [-0.2, 0) is 23.8 Å². The Kier molecular flexibility index (Phi) is 6.20. The Bertz CT molecular complexity index is 788. The zero-order chi connectivity index (χ0) is 19.8. The summed E-state index contributed by atoms with van der Waals surface area (Å²) in [5.41, 5.74) is 2.23. The first kappa shape index (κ1) is 21.3. The van der Waals surface area contributed by atoms with E-state index >= 15 is 0 Å². The Morgan fingerprint density at radius 3 is 1.27 bits per heavy atom. The van der Waals surface area contributed by atoms with Crippen LogP contribution in [0.3, 0.4) is 0 Å². The average Bonchev–Trinajstić information content (AvgIpc) is 2.50. The fraction of sp³-hybridized carbons (Fsp3) is 0.400. The Labute approximate surface area is 164 Å². The fourth-order valence-corrected chi connectivity index (χ4v) is 7.98. The van der Waals surface area contributed by atoms with Crippen molar-refractivity contribution in [1.29, 1.82) is 0 Å². The molecule has 0 spiro atoms. The van der Waals surface area contributed by atoms with E-state index in [-0.39, 0.29) is 10.8 Å². The van der Waals surface area contributed by atoms with E-state index in [2.05, 4.69) is 41.5 Å². The van der Waals surface area contributed by atoms with Crippen LogP contribution >= 0.6 is 20.2 Å². The third-order valence-electron chi connectivity index (χ3n) is 3.96. The van der Waals surface area contributed by atoms with Crippen molar-refractivity contribution < 1.29 is 14.8 Å². The van der Waals surface area contributed by atoms with E-state index in [1.165, 1.54) is 0 Å². The van der Waals surface area contributed by atoms with Gasteiger partial charge in [0, 0.05) is 0 Å². The molecule has 0 fully saturated rings. The van der Waals surface area contributed by atoms with E-state index in [0.29, 0.717) is 0 Å². The van der Waals surface area contributed by atoms with Gasteiger partial charge in [-0.15, -0.1) is 0 Å². The summed E-state index contributed by atoms with van der Waals surface area (Å²) in [5.74, 6) is 0. The third kappa shape index (κ3) is 5.76. The summed E-state index contributed by atoms with van der Waals surface area (Å²) in [6.45, 7) is 12.6. The van der Waals surface area contributed by atoms with Crippen molar-refractivity contribution in [2.45, 2.75) is 52.4 Å². The summed E-state index contributed by atoms with van der Waals surface area (Å²) in [7, 11) is -5.03. The SMILES string of the molecule is CC(C)(C)c1ccc(I(OS(=O)(=O)F)c2ccc(C(C)(C)C)cc2)cc1. The maximum atomic E-state index is 13.3. The number of benzene rings is 2. The molecule has 0 amide bonds. The van der Waals surface area contributed by atoms with E-state index in [0.717, 1.165) is 18.3 Å². The van der Waals surface area contributed by atoms with Gasteiger partial charge in [0.25, 0.3) is 0 Å². The first-order valence-electron chi connectivity index (χ1n) is 8.33. The van der Waals surface area contributed by atoms with Gasteiger partial charge in [0.1, 0.15) is 0 Å². The first-order chi connectivity index (χ1) is 11.8. The van der Waals surface area contributed by atoms with E-state index in [1.807, 2.05) is 48.5 Å². The van der Waals surface area contributed by atoms with Crippen LogP contribution in [0.15, 0.2) is 48.5 Å². The summed E-state index contributed by atoms with van der Waals surface area (Å²) in [4.78, 5) is 0. The van der Waals surface area contributed by atoms with E-state index in [9.17, 15) is 12.3 Å². The molecule has 6 heteroatoms. The molecular weight excluding hydrogens is 466 g/mol. The van der Waals surface area contributed by atoms with Gasteiger partial charge in [-0.1, -0.05) is 0 Å². The van der Waals surface area contributed by atoms with Gasteiger partial charge < -0.3 is 0 Å². The number of hydrogen-bond donors (Lipinski definition) is 0. The van der Waals surface area contributed by atoms with Crippen LogP contribution in [-0.4, -0.2) is 8.42 Å². The van der Waals surface area contributed by atoms with Crippen LogP contribution in [0.5, 0.6) is 0 Å². The molecule has 144 valence electrons. The minimum absolute atomic E-state index is 0.0149. The Morgan fingerprint density at radius 1 is 0.731 bits per heavy atom. The molecule has 0 atom stereocenters. The molecule has 0 aliphatic rings. The summed E-state index contributed by atoms with van der Waals surface area (Å²) in [6.07, 6.45) is 0. The van der Waals surface area contributed by atoms with E-state index in [1.54, 1.807) is 0 Å². The minimum atomic E-state index is -5.03. The molecule has 0 heterocycles. The van der Waals surface area contributed by atoms with Crippen LogP contribution in [0, 0.1) is 7.14 Å². The quantitative estimate of drug-likeness (QED) is 0.390. The van der Waals surface area contributed by atoms with Gasteiger partial charge in [0.05, 0.1) is 0 Å². The molecule has 26 heavy (non-hydrogen) atoms. The Balaban J connectivity index is 2.44. The number of hydrogen-bond acceptors (Lipinski definition) is 3.